The van der Waals surface area contributed by atoms with Crippen LogP contribution in [0.25, 0.3) is 0 Å². The SMILES string of the molecule is COc1ccc(CCNC(=O)[C@H]2Cc3ccccc3CN2C(=O)OC(C)(C)C)cc1OC. The van der Waals surface area contributed by atoms with Crippen molar-refractivity contribution in [3.63, 3.8) is 0 Å². The molecule has 1 aliphatic rings. The van der Waals surface area contributed by atoms with Gasteiger partial charge in [0.1, 0.15) is 11.6 Å². The zero-order valence-corrected chi connectivity index (χ0v) is 19.4. The molecule has 0 unspecified atom stereocenters. The normalized spacial score (nSPS) is 15.5. The maximum atomic E-state index is 13.1. The number of ether oxygens (including phenoxy) is 3. The standard InChI is InChI=1S/C25H32N2O5/c1-25(2,3)32-24(29)27-16-19-9-7-6-8-18(19)15-20(27)23(28)26-13-12-17-10-11-21(30-4)22(14-17)31-5/h6-11,14,20H,12-13,15-16H2,1-5H3,(H,26,28)/t20-/m1/s1. The summed E-state index contributed by atoms with van der Waals surface area (Å²) in [6.45, 7) is 6.25. The molecule has 0 saturated carbocycles. The molecular formula is C25H32N2O5. The first-order valence-corrected chi connectivity index (χ1v) is 10.8. The van der Waals surface area contributed by atoms with Gasteiger partial charge in [0.2, 0.25) is 5.91 Å². The molecule has 0 aliphatic carbocycles. The highest BCUT2D eigenvalue weighted by Crippen LogP contribution is 2.28. The van der Waals surface area contributed by atoms with Crippen molar-refractivity contribution in [1.82, 2.24) is 10.2 Å². The third-order valence-corrected chi connectivity index (χ3v) is 5.34. The van der Waals surface area contributed by atoms with Crippen LogP contribution in [0.15, 0.2) is 42.5 Å². The number of amides is 2. The molecule has 1 N–H and O–H groups in total. The van der Waals surface area contributed by atoms with Crippen molar-refractivity contribution in [2.24, 2.45) is 0 Å². The van der Waals surface area contributed by atoms with Crippen LogP contribution in [-0.4, -0.2) is 49.3 Å². The molecule has 0 aromatic heterocycles. The monoisotopic (exact) mass is 440 g/mol. The molecule has 7 nitrogen and oxygen atoms in total. The molecule has 1 atom stereocenters. The van der Waals surface area contributed by atoms with Gasteiger partial charge in [-0.2, -0.15) is 0 Å². The average Bonchev–Trinajstić information content (AvgIpc) is 2.76. The highest BCUT2D eigenvalue weighted by atomic mass is 16.6. The molecule has 0 fully saturated rings. The Kier molecular flexibility index (Phi) is 7.28. The van der Waals surface area contributed by atoms with Crippen molar-refractivity contribution >= 4 is 12.0 Å². The Morgan fingerprint density at radius 3 is 2.38 bits per heavy atom. The molecule has 32 heavy (non-hydrogen) atoms. The lowest BCUT2D eigenvalue weighted by atomic mass is 9.93. The summed E-state index contributed by atoms with van der Waals surface area (Å²) in [7, 11) is 3.19. The van der Waals surface area contributed by atoms with Gasteiger partial charge in [-0.15, -0.1) is 0 Å². The number of hydrogen-bond donors (Lipinski definition) is 1. The molecule has 172 valence electrons. The first-order valence-electron chi connectivity index (χ1n) is 10.8. The van der Waals surface area contributed by atoms with Gasteiger partial charge in [-0.3, -0.25) is 9.69 Å². The summed E-state index contributed by atoms with van der Waals surface area (Å²) in [6, 6.07) is 12.9. The number of carbonyl (C=O) groups excluding carboxylic acids is 2. The number of methoxy groups -OCH3 is 2. The van der Waals surface area contributed by atoms with Gasteiger partial charge in [0.15, 0.2) is 11.5 Å². The average molecular weight is 441 g/mol. The Bertz CT molecular complexity index is 967. The molecular weight excluding hydrogens is 408 g/mol. The Balaban J connectivity index is 1.69. The van der Waals surface area contributed by atoms with Crippen LogP contribution in [0.4, 0.5) is 4.79 Å². The summed E-state index contributed by atoms with van der Waals surface area (Å²) in [5.74, 6) is 1.12. The van der Waals surface area contributed by atoms with E-state index in [1.807, 2.05) is 63.2 Å². The quantitative estimate of drug-likeness (QED) is 0.741. The fraction of sp³-hybridized carbons (Fsp3) is 0.440. The maximum absolute atomic E-state index is 13.1. The Labute approximate surface area is 189 Å². The highest BCUT2D eigenvalue weighted by molar-refractivity contribution is 5.86. The van der Waals surface area contributed by atoms with Crippen LogP contribution in [0.1, 0.15) is 37.5 Å². The van der Waals surface area contributed by atoms with Gasteiger partial charge >= 0.3 is 6.09 Å². The number of fused-ring (bicyclic) bond motifs is 1. The van der Waals surface area contributed by atoms with E-state index < -0.39 is 17.7 Å². The van der Waals surface area contributed by atoms with Crippen LogP contribution in [0.3, 0.4) is 0 Å². The smallest absolute Gasteiger partial charge is 0.411 e. The maximum Gasteiger partial charge on any atom is 0.411 e. The van der Waals surface area contributed by atoms with Crippen LogP contribution >= 0.6 is 0 Å². The van der Waals surface area contributed by atoms with Crippen molar-refractivity contribution < 1.29 is 23.8 Å². The Hall–Kier alpha value is -3.22. The summed E-state index contributed by atoms with van der Waals surface area (Å²) >= 11 is 0. The van der Waals surface area contributed by atoms with Crippen molar-refractivity contribution in [1.29, 1.82) is 0 Å². The number of carbonyl (C=O) groups is 2. The van der Waals surface area contributed by atoms with Gasteiger partial charge in [0.05, 0.1) is 20.8 Å². The minimum Gasteiger partial charge on any atom is -0.493 e. The molecule has 0 saturated heterocycles. The Morgan fingerprint density at radius 2 is 1.72 bits per heavy atom. The van der Waals surface area contributed by atoms with E-state index in [0.717, 1.165) is 16.7 Å². The summed E-state index contributed by atoms with van der Waals surface area (Å²) in [5, 5.41) is 2.98. The summed E-state index contributed by atoms with van der Waals surface area (Å²) in [6.07, 6.45) is 0.603. The second kappa shape index (κ2) is 9.94. The van der Waals surface area contributed by atoms with Gasteiger partial charge in [0.25, 0.3) is 0 Å². The number of hydrogen-bond acceptors (Lipinski definition) is 5. The number of nitrogens with one attached hydrogen (secondary N) is 1. The van der Waals surface area contributed by atoms with E-state index in [1.54, 1.807) is 14.2 Å². The van der Waals surface area contributed by atoms with Gasteiger partial charge in [-0.25, -0.2) is 4.79 Å². The van der Waals surface area contributed by atoms with Crippen LogP contribution in [0, 0.1) is 0 Å². The van der Waals surface area contributed by atoms with Crippen LogP contribution in [0.5, 0.6) is 11.5 Å². The molecule has 0 radical (unpaired) electrons. The fourth-order valence-electron chi connectivity index (χ4n) is 3.75. The third kappa shape index (κ3) is 5.72. The lowest BCUT2D eigenvalue weighted by molar-refractivity contribution is -0.127. The van der Waals surface area contributed by atoms with E-state index in [-0.39, 0.29) is 5.91 Å². The van der Waals surface area contributed by atoms with Crippen molar-refractivity contribution in [3.8, 4) is 11.5 Å². The third-order valence-electron chi connectivity index (χ3n) is 5.34. The zero-order chi connectivity index (χ0) is 23.3. The largest absolute Gasteiger partial charge is 0.493 e. The molecule has 2 amide bonds. The number of benzene rings is 2. The summed E-state index contributed by atoms with van der Waals surface area (Å²) < 4.78 is 16.2. The fourth-order valence-corrected chi connectivity index (χ4v) is 3.75. The lowest BCUT2D eigenvalue weighted by Gasteiger charge is -2.36. The Morgan fingerprint density at radius 1 is 1.03 bits per heavy atom. The van der Waals surface area contributed by atoms with Crippen molar-refractivity contribution in [3.05, 3.63) is 59.2 Å². The minimum atomic E-state index is -0.636. The first-order chi connectivity index (χ1) is 15.2. The summed E-state index contributed by atoms with van der Waals surface area (Å²) in [5.41, 5.74) is 2.49. The van der Waals surface area contributed by atoms with E-state index in [0.29, 0.717) is 37.4 Å². The topological polar surface area (TPSA) is 77.1 Å². The molecule has 2 aromatic rings. The van der Waals surface area contributed by atoms with Crippen LogP contribution in [-0.2, 0) is 28.9 Å². The second-order valence-corrected chi connectivity index (χ2v) is 8.83. The van der Waals surface area contributed by atoms with Crippen LogP contribution < -0.4 is 14.8 Å². The molecule has 0 spiro atoms. The van der Waals surface area contributed by atoms with Gasteiger partial charge in [0, 0.05) is 13.0 Å². The molecule has 0 bridgehead atoms. The van der Waals surface area contributed by atoms with E-state index in [9.17, 15) is 9.59 Å². The molecule has 1 aliphatic heterocycles. The molecule has 1 heterocycles. The van der Waals surface area contributed by atoms with Crippen LogP contribution in [0.2, 0.25) is 0 Å². The lowest BCUT2D eigenvalue weighted by Crippen LogP contribution is -2.53. The van der Waals surface area contributed by atoms with Gasteiger partial charge in [-0.1, -0.05) is 30.3 Å². The van der Waals surface area contributed by atoms with E-state index in [1.165, 1.54) is 4.90 Å². The number of nitrogens with zero attached hydrogens (tertiary/aromatic N) is 1. The van der Waals surface area contributed by atoms with Crippen molar-refractivity contribution in [2.75, 3.05) is 20.8 Å². The second-order valence-electron chi connectivity index (χ2n) is 8.83. The molecule has 2 aromatic carbocycles. The molecule has 3 rings (SSSR count). The summed E-state index contributed by atoms with van der Waals surface area (Å²) in [4.78, 5) is 27.5. The highest BCUT2D eigenvalue weighted by Gasteiger charge is 2.36. The molecule has 7 heteroatoms. The van der Waals surface area contributed by atoms with Crippen molar-refractivity contribution in [2.45, 2.75) is 51.8 Å². The van der Waals surface area contributed by atoms with E-state index in [2.05, 4.69) is 5.32 Å². The van der Waals surface area contributed by atoms with E-state index >= 15 is 0 Å². The van der Waals surface area contributed by atoms with Gasteiger partial charge < -0.3 is 19.5 Å². The predicted octanol–water partition coefficient (Wildman–Crippen LogP) is 3.72. The zero-order valence-electron chi connectivity index (χ0n) is 19.4. The number of rotatable bonds is 6. The van der Waals surface area contributed by atoms with Gasteiger partial charge in [-0.05, 0) is 56.0 Å². The first kappa shape index (κ1) is 23.4. The van der Waals surface area contributed by atoms with E-state index in [4.69, 9.17) is 14.2 Å². The predicted molar refractivity (Wildman–Crippen MR) is 122 cm³/mol. The minimum absolute atomic E-state index is 0.189.